The van der Waals surface area contributed by atoms with Gasteiger partial charge in [0.25, 0.3) is 5.88 Å². The van der Waals surface area contributed by atoms with Crippen molar-refractivity contribution in [1.82, 2.24) is 19.5 Å². The minimum atomic E-state index is 0.444. The van der Waals surface area contributed by atoms with Crippen molar-refractivity contribution in [3.63, 3.8) is 0 Å². The van der Waals surface area contributed by atoms with Gasteiger partial charge >= 0.3 is 0 Å². The molecular formula is C21H21N5O. The van der Waals surface area contributed by atoms with Crippen LogP contribution in [0, 0.1) is 0 Å². The molecule has 2 aromatic carbocycles. The number of unbranched alkanes of at least 4 members (excludes halogenated alkanes) is 1. The first kappa shape index (κ1) is 17.0. The number of anilines is 2. The molecule has 0 atom stereocenters. The Morgan fingerprint density at radius 1 is 0.963 bits per heavy atom. The van der Waals surface area contributed by atoms with Gasteiger partial charge in [-0.05, 0) is 30.7 Å². The molecule has 0 radical (unpaired) electrons. The topological polar surface area (TPSA) is 64.9 Å². The summed E-state index contributed by atoms with van der Waals surface area (Å²) in [5.41, 5.74) is 2.35. The molecule has 2 aromatic heterocycles. The molecule has 4 aromatic rings. The second kappa shape index (κ2) is 7.86. The molecule has 0 fully saturated rings. The number of fused-ring (bicyclic) bond motifs is 1. The van der Waals surface area contributed by atoms with Gasteiger partial charge in [0.05, 0.1) is 6.33 Å². The number of rotatable bonds is 7. The number of nitrogens with one attached hydrogen (secondary N) is 1. The highest BCUT2D eigenvalue weighted by Gasteiger charge is 2.15. The normalized spacial score (nSPS) is 10.9. The average molecular weight is 359 g/mol. The molecule has 0 aliphatic heterocycles. The van der Waals surface area contributed by atoms with Crippen molar-refractivity contribution >= 4 is 22.8 Å². The fraction of sp³-hybridized carbons (Fsp3) is 0.190. The maximum Gasteiger partial charge on any atom is 0.252 e. The molecule has 136 valence electrons. The third kappa shape index (κ3) is 3.89. The number of ether oxygens (including phenoxy) is 1. The monoisotopic (exact) mass is 359 g/mol. The number of aryl methyl sites for hydroxylation is 1. The van der Waals surface area contributed by atoms with E-state index in [9.17, 15) is 0 Å². The van der Waals surface area contributed by atoms with Gasteiger partial charge in [0.1, 0.15) is 5.75 Å². The summed E-state index contributed by atoms with van der Waals surface area (Å²) in [6, 6.07) is 19.4. The van der Waals surface area contributed by atoms with Gasteiger partial charge in [0, 0.05) is 12.2 Å². The van der Waals surface area contributed by atoms with Crippen LogP contribution in [-0.4, -0.2) is 19.5 Å². The Labute approximate surface area is 157 Å². The molecular weight excluding hydrogens is 338 g/mol. The Balaban J connectivity index is 1.75. The number of imidazole rings is 1. The van der Waals surface area contributed by atoms with Gasteiger partial charge in [0.2, 0.25) is 5.95 Å². The summed E-state index contributed by atoms with van der Waals surface area (Å²) in [6.07, 6.45) is 3.97. The number of aromatic nitrogens is 4. The van der Waals surface area contributed by atoms with E-state index >= 15 is 0 Å². The van der Waals surface area contributed by atoms with Crippen molar-refractivity contribution in [1.29, 1.82) is 0 Å². The Hall–Kier alpha value is -3.41. The van der Waals surface area contributed by atoms with Gasteiger partial charge < -0.3 is 14.6 Å². The van der Waals surface area contributed by atoms with Crippen molar-refractivity contribution in [3.8, 4) is 11.6 Å². The minimum absolute atomic E-state index is 0.444. The molecule has 0 spiro atoms. The van der Waals surface area contributed by atoms with Crippen LogP contribution in [-0.2, 0) is 6.54 Å². The van der Waals surface area contributed by atoms with Crippen LogP contribution in [0.1, 0.15) is 19.8 Å². The number of nitrogens with zero attached hydrogens (tertiary/aromatic N) is 4. The Morgan fingerprint density at radius 3 is 2.44 bits per heavy atom. The maximum absolute atomic E-state index is 6.02. The van der Waals surface area contributed by atoms with E-state index in [2.05, 4.69) is 31.8 Å². The maximum atomic E-state index is 6.02. The number of benzene rings is 2. The Bertz CT molecular complexity index is 1010. The lowest BCUT2D eigenvalue weighted by Gasteiger charge is -2.10. The summed E-state index contributed by atoms with van der Waals surface area (Å²) >= 11 is 0. The molecule has 27 heavy (non-hydrogen) atoms. The molecule has 0 unspecified atom stereocenters. The lowest BCUT2D eigenvalue weighted by Crippen LogP contribution is -2.03. The van der Waals surface area contributed by atoms with Crippen LogP contribution in [0.2, 0.25) is 0 Å². The van der Waals surface area contributed by atoms with E-state index in [4.69, 9.17) is 4.74 Å². The summed E-state index contributed by atoms with van der Waals surface area (Å²) in [6.45, 7) is 3.03. The van der Waals surface area contributed by atoms with E-state index in [0.717, 1.165) is 30.7 Å². The first-order valence-corrected chi connectivity index (χ1v) is 9.11. The van der Waals surface area contributed by atoms with E-state index in [1.54, 1.807) is 6.33 Å². The smallest absolute Gasteiger partial charge is 0.252 e. The van der Waals surface area contributed by atoms with E-state index in [-0.39, 0.29) is 0 Å². The first-order valence-electron chi connectivity index (χ1n) is 9.11. The molecule has 0 aliphatic rings. The summed E-state index contributed by atoms with van der Waals surface area (Å²) in [5.74, 6) is 1.64. The molecule has 1 N–H and O–H groups in total. The van der Waals surface area contributed by atoms with Gasteiger partial charge in [-0.2, -0.15) is 9.97 Å². The molecule has 0 aliphatic carbocycles. The predicted octanol–water partition coefficient (Wildman–Crippen LogP) is 5.16. The highest BCUT2D eigenvalue weighted by atomic mass is 16.5. The van der Waals surface area contributed by atoms with Gasteiger partial charge in [-0.25, -0.2) is 4.98 Å². The second-order valence-corrected chi connectivity index (χ2v) is 6.22. The highest BCUT2D eigenvalue weighted by Crippen LogP contribution is 2.28. The SMILES string of the molecule is CCCCn1cnc2c(Oc3ccccc3)nc(Nc3ccccc3)nc21. The van der Waals surface area contributed by atoms with Crippen molar-refractivity contribution in [3.05, 3.63) is 67.0 Å². The van der Waals surface area contributed by atoms with Crippen LogP contribution >= 0.6 is 0 Å². The molecule has 6 nitrogen and oxygen atoms in total. The average Bonchev–Trinajstić information content (AvgIpc) is 3.11. The van der Waals surface area contributed by atoms with E-state index in [1.807, 2.05) is 60.7 Å². The third-order valence-corrected chi connectivity index (χ3v) is 4.17. The summed E-state index contributed by atoms with van der Waals surface area (Å²) in [7, 11) is 0. The Kier molecular flexibility index (Phi) is 4.96. The van der Waals surface area contributed by atoms with Gasteiger partial charge in [-0.3, -0.25) is 0 Å². The summed E-state index contributed by atoms with van der Waals surface area (Å²) in [4.78, 5) is 13.7. The standard InChI is InChI=1S/C21H21N5O/c1-2-3-14-26-15-22-18-19(26)24-21(23-16-10-6-4-7-11-16)25-20(18)27-17-12-8-5-9-13-17/h4-13,15H,2-3,14H2,1H3,(H,23,24,25). The Morgan fingerprint density at radius 2 is 1.70 bits per heavy atom. The number of para-hydroxylation sites is 2. The first-order chi connectivity index (χ1) is 13.3. The van der Waals surface area contributed by atoms with Crippen LogP contribution < -0.4 is 10.1 Å². The highest BCUT2D eigenvalue weighted by molar-refractivity contribution is 5.78. The lowest BCUT2D eigenvalue weighted by molar-refractivity contribution is 0.468. The molecule has 0 bridgehead atoms. The molecule has 0 saturated carbocycles. The largest absolute Gasteiger partial charge is 0.437 e. The minimum Gasteiger partial charge on any atom is -0.437 e. The number of hydrogen-bond acceptors (Lipinski definition) is 5. The summed E-state index contributed by atoms with van der Waals surface area (Å²) in [5, 5.41) is 3.25. The van der Waals surface area contributed by atoms with Crippen LogP contribution in [0.15, 0.2) is 67.0 Å². The molecule has 0 saturated heterocycles. The second-order valence-electron chi connectivity index (χ2n) is 6.22. The number of hydrogen-bond donors (Lipinski definition) is 1. The predicted molar refractivity (Wildman–Crippen MR) is 106 cm³/mol. The van der Waals surface area contributed by atoms with Crippen LogP contribution in [0.3, 0.4) is 0 Å². The van der Waals surface area contributed by atoms with Gasteiger partial charge in [-0.15, -0.1) is 0 Å². The van der Waals surface area contributed by atoms with Gasteiger partial charge in [-0.1, -0.05) is 49.7 Å². The third-order valence-electron chi connectivity index (χ3n) is 4.17. The van der Waals surface area contributed by atoms with Crippen molar-refractivity contribution in [2.45, 2.75) is 26.3 Å². The van der Waals surface area contributed by atoms with Crippen molar-refractivity contribution in [2.75, 3.05) is 5.32 Å². The zero-order chi connectivity index (χ0) is 18.5. The van der Waals surface area contributed by atoms with Crippen LogP contribution in [0.25, 0.3) is 11.2 Å². The fourth-order valence-corrected chi connectivity index (χ4v) is 2.79. The zero-order valence-corrected chi connectivity index (χ0v) is 15.2. The lowest BCUT2D eigenvalue weighted by atomic mass is 10.3. The molecule has 4 rings (SSSR count). The van der Waals surface area contributed by atoms with Crippen LogP contribution in [0.4, 0.5) is 11.6 Å². The van der Waals surface area contributed by atoms with E-state index in [0.29, 0.717) is 23.1 Å². The van der Waals surface area contributed by atoms with E-state index in [1.165, 1.54) is 0 Å². The molecule has 2 heterocycles. The zero-order valence-electron chi connectivity index (χ0n) is 15.2. The summed E-state index contributed by atoms with van der Waals surface area (Å²) < 4.78 is 8.07. The van der Waals surface area contributed by atoms with Gasteiger partial charge in [0.15, 0.2) is 11.2 Å². The fourth-order valence-electron chi connectivity index (χ4n) is 2.79. The van der Waals surface area contributed by atoms with Crippen molar-refractivity contribution < 1.29 is 4.74 Å². The van der Waals surface area contributed by atoms with E-state index < -0.39 is 0 Å². The quantitative estimate of drug-likeness (QED) is 0.493. The van der Waals surface area contributed by atoms with Crippen LogP contribution in [0.5, 0.6) is 11.6 Å². The molecule has 0 amide bonds. The molecule has 6 heteroatoms. The van der Waals surface area contributed by atoms with Crippen molar-refractivity contribution in [2.24, 2.45) is 0 Å².